The van der Waals surface area contributed by atoms with E-state index < -0.39 is 94.2 Å². The van der Waals surface area contributed by atoms with E-state index in [-0.39, 0.29) is 0 Å². The fourth-order valence-electron chi connectivity index (χ4n) is 7.75. The number of rotatable bonds is 9. The summed E-state index contributed by atoms with van der Waals surface area (Å²) >= 11 is 11.7. The molecular formula is C59H38Cu2F18I2NP3. The molecule has 0 spiro atoms. The van der Waals surface area contributed by atoms with Gasteiger partial charge in [0.15, 0.2) is 0 Å². The van der Waals surface area contributed by atoms with Crippen LogP contribution >= 0.6 is 64.5 Å². The average Bonchev–Trinajstić information content (AvgIpc) is 2.40. The predicted molar refractivity (Wildman–Crippen MR) is 311 cm³/mol. The Morgan fingerprint density at radius 1 is 0.224 bits per heavy atom. The van der Waals surface area contributed by atoms with Crippen LogP contribution in [0.3, 0.4) is 0 Å². The van der Waals surface area contributed by atoms with Crippen molar-refractivity contribution >= 4 is 112 Å². The van der Waals surface area contributed by atoms with Gasteiger partial charge in [0, 0.05) is 14.1 Å². The van der Waals surface area contributed by atoms with E-state index in [1.807, 2.05) is 12.3 Å². The van der Waals surface area contributed by atoms with Crippen LogP contribution in [0.15, 0.2) is 231 Å². The van der Waals surface area contributed by atoms with Gasteiger partial charge in [0.1, 0.15) is 0 Å². The van der Waals surface area contributed by atoms with E-state index in [9.17, 15) is 79.0 Å². The minimum atomic E-state index is -4.58. The second-order valence-electron chi connectivity index (χ2n) is 17.1. The molecule has 456 valence electrons. The summed E-state index contributed by atoms with van der Waals surface area (Å²) in [7, 11) is -3.94. The maximum absolute atomic E-state index is 12.9. The van der Waals surface area contributed by atoms with Gasteiger partial charge in [-0.05, 0) is 143 Å². The molecule has 1 aromatic heterocycles. The number of halogens is 20. The van der Waals surface area contributed by atoms with E-state index >= 15 is 0 Å². The zero-order valence-corrected chi connectivity index (χ0v) is 51.3. The monoisotopic (exact) mass is 1570 g/mol. The van der Waals surface area contributed by atoms with Crippen LogP contribution in [0.4, 0.5) is 79.0 Å². The molecule has 8 aromatic carbocycles. The van der Waals surface area contributed by atoms with Gasteiger partial charge < -0.3 is 0 Å². The summed E-state index contributed by atoms with van der Waals surface area (Å²) < 4.78 is 232. The molecule has 0 aliphatic heterocycles. The quantitative estimate of drug-likeness (QED) is 0.0607. The Kier molecular flexibility index (Phi) is 26.4. The van der Waals surface area contributed by atoms with Crippen LogP contribution in [-0.2, 0) is 62.6 Å². The summed E-state index contributed by atoms with van der Waals surface area (Å²) in [5, 5.41) is 4.77. The topological polar surface area (TPSA) is 12.9 Å². The van der Waals surface area contributed by atoms with Crippen molar-refractivity contribution in [1.82, 2.24) is 4.98 Å². The zero-order chi connectivity index (χ0) is 63.0. The Balaban J connectivity index is 0.000000232. The van der Waals surface area contributed by atoms with Crippen LogP contribution in [-0.4, -0.2) is 4.98 Å². The number of hydrogen-bond donors (Lipinski definition) is 0. The smallest absolute Gasteiger partial charge is 0.0720 e. The van der Waals surface area contributed by atoms with Gasteiger partial charge in [-0.2, -0.15) is 79.0 Å². The van der Waals surface area contributed by atoms with Gasteiger partial charge in [-0.15, -0.1) is 0 Å². The number of pyridine rings is 1. The number of aromatic nitrogens is 1. The summed E-state index contributed by atoms with van der Waals surface area (Å²) in [6.07, 6.45) is -25.6. The molecule has 1 nitrogen and oxygen atoms in total. The molecule has 9 rings (SSSR count). The van der Waals surface area contributed by atoms with Crippen molar-refractivity contribution in [3.8, 4) is 0 Å². The van der Waals surface area contributed by atoms with E-state index in [1.54, 1.807) is 40.7 Å². The normalized spacial score (nSPS) is 12.0. The van der Waals surface area contributed by atoms with Crippen LogP contribution in [0.2, 0.25) is 0 Å². The molecule has 0 amide bonds. The minimum Gasteiger partial charge on any atom is -0.256 e. The van der Waals surface area contributed by atoms with Crippen molar-refractivity contribution in [2.45, 2.75) is 37.1 Å². The van der Waals surface area contributed by atoms with E-state index in [0.717, 1.165) is 78.2 Å². The molecule has 0 aliphatic rings. The SMILES string of the molecule is FC(F)(F)c1ccc(P(c2ccc(C(F)(F)F)cc2)c2ccc(C(F)(F)F)cc2)cc1.FC(F)(F)c1ccc(P(c2ccc(C(F)(F)F)cc2)c2ccc(C(F)(F)F)cc2)cc1.[Cu][I].[Cu][I].c1ccc(P(c2ccccc2)c2ccccn2)cc1. The average molecular weight is 1580 g/mol. The molecule has 1 heterocycles. The van der Waals surface area contributed by atoms with Crippen molar-refractivity contribution in [3.05, 3.63) is 264 Å². The van der Waals surface area contributed by atoms with E-state index in [1.165, 1.54) is 83.4 Å². The zero-order valence-electron chi connectivity index (χ0n) is 42.4. The van der Waals surface area contributed by atoms with Crippen molar-refractivity contribution in [2.24, 2.45) is 0 Å². The molecular weight excluding hydrogens is 1540 g/mol. The third kappa shape index (κ3) is 20.8. The predicted octanol–water partition coefficient (Wildman–Crippen LogP) is 17.6. The second-order valence-corrected chi connectivity index (χ2v) is 23.7. The van der Waals surface area contributed by atoms with Crippen molar-refractivity contribution < 1.29 is 105 Å². The molecule has 0 atom stereocenters. The van der Waals surface area contributed by atoms with Gasteiger partial charge in [-0.1, -0.05) is 140 Å². The number of benzene rings is 8. The summed E-state index contributed by atoms with van der Waals surface area (Å²) in [5.74, 6) is 0. The van der Waals surface area contributed by atoms with Crippen LogP contribution in [0, 0.1) is 0 Å². The second kappa shape index (κ2) is 31.6. The van der Waals surface area contributed by atoms with E-state index in [0.29, 0.717) is 31.8 Å². The summed E-state index contributed by atoms with van der Waals surface area (Å²) in [6, 6.07) is 51.6. The maximum atomic E-state index is 12.9. The molecule has 0 bridgehead atoms. The van der Waals surface area contributed by atoms with Crippen molar-refractivity contribution in [3.63, 3.8) is 0 Å². The van der Waals surface area contributed by atoms with E-state index in [4.69, 9.17) is 0 Å². The first-order chi connectivity index (χ1) is 40.0. The van der Waals surface area contributed by atoms with Gasteiger partial charge in [0.05, 0.1) is 38.8 Å². The van der Waals surface area contributed by atoms with Crippen LogP contribution in [0.5, 0.6) is 0 Å². The third-order valence-electron chi connectivity index (χ3n) is 11.6. The fourth-order valence-corrected chi connectivity index (χ4v) is 14.4. The van der Waals surface area contributed by atoms with Gasteiger partial charge in [-0.3, -0.25) is 4.98 Å². The minimum absolute atomic E-state index is 0.350. The van der Waals surface area contributed by atoms with Crippen molar-refractivity contribution in [1.29, 1.82) is 0 Å². The summed E-state index contributed by atoms with van der Waals surface area (Å²) in [5.41, 5.74) is -4.32. The molecule has 0 saturated carbocycles. The number of hydrogen-bond acceptors (Lipinski definition) is 1. The van der Waals surface area contributed by atoms with Gasteiger partial charge >= 0.3 is 103 Å². The maximum Gasteiger partial charge on any atom is 0.0720 e. The largest absolute Gasteiger partial charge is 0.256 e. The Morgan fingerprint density at radius 2 is 0.400 bits per heavy atom. The Morgan fingerprint density at radius 3 is 0.565 bits per heavy atom. The first-order valence-electron chi connectivity index (χ1n) is 23.7. The van der Waals surface area contributed by atoms with E-state index in [2.05, 4.69) is 103 Å². The molecule has 0 unspecified atom stereocenters. The van der Waals surface area contributed by atoms with Gasteiger partial charge in [0.25, 0.3) is 0 Å². The molecule has 26 heteroatoms. The summed E-state index contributed by atoms with van der Waals surface area (Å²) in [4.78, 5) is 4.56. The number of nitrogens with zero attached hydrogens (tertiary/aromatic N) is 1. The molecule has 0 radical (unpaired) electrons. The molecule has 9 aromatic rings. The standard InChI is InChI=1S/2C21H12F9P.C17H14NP.2Cu.2HI/c2*22-19(23,24)13-1-7-16(8-2-13)31(17-9-3-14(4-10-17)20(25,26)27)18-11-5-15(6-12-18)21(28,29)30;1-3-9-15(10-4-1)19(16-11-5-2-6-12-16)17-13-7-8-14-18-17;;;;/h2*1-12H;1-14H;;;2*1H/q;;;2*+1;;/p-2. The van der Waals surface area contributed by atoms with Crippen LogP contribution < -0.4 is 47.9 Å². The fraction of sp³-hybridized carbons (Fsp3) is 0.102. The first-order valence-corrected chi connectivity index (χ1v) is 33.8. The first kappa shape index (κ1) is 71.2. The summed E-state index contributed by atoms with van der Waals surface area (Å²) in [6.45, 7) is 0. The Labute approximate surface area is 518 Å². The number of alkyl halides is 18. The van der Waals surface area contributed by atoms with Gasteiger partial charge in [0.2, 0.25) is 0 Å². The van der Waals surface area contributed by atoms with Crippen LogP contribution in [0.1, 0.15) is 33.4 Å². The molecule has 0 fully saturated rings. The van der Waals surface area contributed by atoms with Crippen LogP contribution in [0.25, 0.3) is 0 Å². The Bertz CT molecular complexity index is 2870. The van der Waals surface area contributed by atoms with Crippen molar-refractivity contribution in [2.75, 3.05) is 0 Å². The van der Waals surface area contributed by atoms with Gasteiger partial charge in [-0.25, -0.2) is 0 Å². The third-order valence-corrected chi connectivity index (χ3v) is 18.9. The molecule has 0 N–H and O–H groups in total. The Hall–Kier alpha value is -4.56. The molecule has 85 heavy (non-hydrogen) atoms. The molecule has 0 aliphatic carbocycles. The molecule has 0 saturated heterocycles.